The van der Waals surface area contributed by atoms with Gasteiger partial charge in [-0.15, -0.1) is 0 Å². The van der Waals surface area contributed by atoms with Gasteiger partial charge in [0, 0.05) is 24.1 Å². The van der Waals surface area contributed by atoms with Gasteiger partial charge in [-0.25, -0.2) is 0 Å². The van der Waals surface area contributed by atoms with Crippen LogP contribution in [0.15, 0.2) is 18.2 Å². The van der Waals surface area contributed by atoms with E-state index in [0.29, 0.717) is 10.9 Å². The van der Waals surface area contributed by atoms with Gasteiger partial charge >= 0.3 is 0 Å². The molecule has 3 nitrogen and oxygen atoms in total. The van der Waals surface area contributed by atoms with Gasteiger partial charge in [0.25, 0.3) is 0 Å². The van der Waals surface area contributed by atoms with E-state index in [0.717, 1.165) is 30.8 Å². The number of nitrogens with two attached hydrogens (primary N) is 1. The molecule has 2 rings (SSSR count). The highest BCUT2D eigenvalue weighted by molar-refractivity contribution is 6.31. The highest BCUT2D eigenvalue weighted by Gasteiger charge is 2.20. The lowest BCUT2D eigenvalue weighted by atomic mass is 9.96. The Morgan fingerprint density at radius 2 is 2.38 bits per heavy atom. The molecule has 2 atom stereocenters. The Hall–Kier alpha value is -0.610. The summed E-state index contributed by atoms with van der Waals surface area (Å²) < 4.78 is 5.34. The average molecular weight is 242 g/mol. The SMILES string of the molecule is NCC(O)c1ccc(C2CCOC2)c(Cl)c1. The van der Waals surface area contributed by atoms with E-state index >= 15 is 0 Å². The second kappa shape index (κ2) is 5.15. The third-order valence-corrected chi connectivity index (χ3v) is 3.33. The number of aliphatic hydroxyl groups excluding tert-OH is 1. The predicted octanol–water partition coefficient (Wildman–Crippen LogP) is 1.84. The lowest BCUT2D eigenvalue weighted by Crippen LogP contribution is -2.11. The molecule has 1 aromatic rings. The monoisotopic (exact) mass is 241 g/mol. The van der Waals surface area contributed by atoms with Crippen molar-refractivity contribution in [2.45, 2.75) is 18.4 Å². The molecule has 1 aliphatic heterocycles. The summed E-state index contributed by atoms with van der Waals surface area (Å²) >= 11 is 6.20. The van der Waals surface area contributed by atoms with Crippen LogP contribution in [0.4, 0.5) is 0 Å². The maximum absolute atomic E-state index is 9.60. The van der Waals surface area contributed by atoms with E-state index in [9.17, 15) is 5.11 Å². The van der Waals surface area contributed by atoms with Crippen LogP contribution in [-0.4, -0.2) is 24.9 Å². The fraction of sp³-hybridized carbons (Fsp3) is 0.500. The Morgan fingerprint density at radius 3 is 2.94 bits per heavy atom. The molecule has 3 N–H and O–H groups in total. The molecular formula is C12H16ClNO2. The number of aliphatic hydroxyl groups is 1. The molecule has 0 bridgehead atoms. The van der Waals surface area contributed by atoms with Crippen molar-refractivity contribution < 1.29 is 9.84 Å². The Kier molecular flexibility index (Phi) is 3.82. The maximum Gasteiger partial charge on any atom is 0.0912 e. The molecule has 1 heterocycles. The van der Waals surface area contributed by atoms with Crippen molar-refractivity contribution in [3.63, 3.8) is 0 Å². The van der Waals surface area contributed by atoms with Crippen molar-refractivity contribution in [3.05, 3.63) is 34.3 Å². The zero-order valence-electron chi connectivity index (χ0n) is 9.03. The van der Waals surface area contributed by atoms with Crippen LogP contribution in [0.2, 0.25) is 5.02 Å². The van der Waals surface area contributed by atoms with Gasteiger partial charge in [-0.2, -0.15) is 0 Å². The number of halogens is 1. The molecule has 0 radical (unpaired) electrons. The summed E-state index contributed by atoms with van der Waals surface area (Å²) in [5, 5.41) is 10.3. The molecule has 16 heavy (non-hydrogen) atoms. The van der Waals surface area contributed by atoms with Crippen LogP contribution < -0.4 is 5.73 Å². The zero-order chi connectivity index (χ0) is 11.5. The summed E-state index contributed by atoms with van der Waals surface area (Å²) in [6.45, 7) is 1.74. The van der Waals surface area contributed by atoms with E-state index in [2.05, 4.69) is 0 Å². The summed E-state index contributed by atoms with van der Waals surface area (Å²) in [5.74, 6) is 0.386. The van der Waals surface area contributed by atoms with E-state index in [-0.39, 0.29) is 6.54 Å². The first kappa shape index (κ1) is 11.9. The van der Waals surface area contributed by atoms with Gasteiger partial charge in [-0.3, -0.25) is 0 Å². The average Bonchev–Trinajstić information content (AvgIpc) is 2.81. The molecule has 1 saturated heterocycles. The first-order valence-corrected chi connectivity index (χ1v) is 5.85. The van der Waals surface area contributed by atoms with Crippen LogP contribution in [0.3, 0.4) is 0 Å². The van der Waals surface area contributed by atoms with E-state index in [1.165, 1.54) is 0 Å². The molecule has 0 aromatic heterocycles. The summed E-state index contributed by atoms with van der Waals surface area (Å²) in [4.78, 5) is 0. The minimum absolute atomic E-state index is 0.211. The van der Waals surface area contributed by atoms with Crippen LogP contribution in [0.25, 0.3) is 0 Å². The van der Waals surface area contributed by atoms with E-state index in [4.69, 9.17) is 22.1 Å². The number of hydrogen-bond donors (Lipinski definition) is 2. The van der Waals surface area contributed by atoms with Crippen molar-refractivity contribution in [2.24, 2.45) is 5.73 Å². The van der Waals surface area contributed by atoms with E-state index in [1.54, 1.807) is 6.07 Å². The highest BCUT2D eigenvalue weighted by Crippen LogP contribution is 2.32. The van der Waals surface area contributed by atoms with Crippen molar-refractivity contribution in [2.75, 3.05) is 19.8 Å². The smallest absolute Gasteiger partial charge is 0.0912 e. The number of rotatable bonds is 3. The van der Waals surface area contributed by atoms with Gasteiger partial charge < -0.3 is 15.6 Å². The minimum atomic E-state index is -0.633. The molecule has 0 saturated carbocycles. The number of hydrogen-bond acceptors (Lipinski definition) is 3. The Balaban J connectivity index is 2.22. The fourth-order valence-electron chi connectivity index (χ4n) is 2.00. The van der Waals surface area contributed by atoms with Gasteiger partial charge in [0.15, 0.2) is 0 Å². The predicted molar refractivity (Wildman–Crippen MR) is 63.6 cm³/mol. The number of benzene rings is 1. The third kappa shape index (κ3) is 2.38. The zero-order valence-corrected chi connectivity index (χ0v) is 9.78. The standard InChI is InChI=1S/C12H16ClNO2/c13-11-5-8(12(15)6-14)1-2-10(11)9-3-4-16-7-9/h1-2,5,9,12,15H,3-4,6-7,14H2. The number of ether oxygens (including phenoxy) is 1. The van der Waals surface area contributed by atoms with Crippen molar-refractivity contribution >= 4 is 11.6 Å². The minimum Gasteiger partial charge on any atom is -0.387 e. The fourth-order valence-corrected chi connectivity index (χ4v) is 2.34. The summed E-state index contributed by atoms with van der Waals surface area (Å²) in [6.07, 6.45) is 0.379. The summed E-state index contributed by atoms with van der Waals surface area (Å²) in [6, 6.07) is 5.65. The Labute approximate surface area is 100 Å². The van der Waals surface area contributed by atoms with Gasteiger partial charge in [0.2, 0.25) is 0 Å². The molecule has 1 fully saturated rings. The molecule has 1 aliphatic rings. The lowest BCUT2D eigenvalue weighted by molar-refractivity contribution is 0.186. The lowest BCUT2D eigenvalue weighted by Gasteiger charge is -2.14. The van der Waals surface area contributed by atoms with E-state index < -0.39 is 6.10 Å². The van der Waals surface area contributed by atoms with Gasteiger partial charge in [0.1, 0.15) is 0 Å². The normalized spacial score (nSPS) is 22.3. The largest absolute Gasteiger partial charge is 0.387 e. The molecule has 4 heteroatoms. The van der Waals surface area contributed by atoms with E-state index in [1.807, 2.05) is 12.1 Å². The van der Waals surface area contributed by atoms with Crippen LogP contribution in [0.1, 0.15) is 29.6 Å². The summed E-state index contributed by atoms with van der Waals surface area (Å²) in [5.41, 5.74) is 7.28. The van der Waals surface area contributed by atoms with Gasteiger partial charge in [-0.05, 0) is 23.6 Å². The molecule has 1 aromatic carbocycles. The first-order chi connectivity index (χ1) is 7.72. The van der Waals surface area contributed by atoms with Crippen LogP contribution >= 0.6 is 11.6 Å². The van der Waals surface area contributed by atoms with Crippen LogP contribution in [0, 0.1) is 0 Å². The van der Waals surface area contributed by atoms with Crippen molar-refractivity contribution in [1.82, 2.24) is 0 Å². The molecule has 88 valence electrons. The summed E-state index contributed by atoms with van der Waals surface area (Å²) in [7, 11) is 0. The van der Waals surface area contributed by atoms with Gasteiger partial charge in [0.05, 0.1) is 12.7 Å². The quantitative estimate of drug-likeness (QED) is 0.849. The third-order valence-electron chi connectivity index (χ3n) is 3.00. The Morgan fingerprint density at radius 1 is 1.56 bits per heavy atom. The van der Waals surface area contributed by atoms with Crippen LogP contribution in [0.5, 0.6) is 0 Å². The Bertz CT molecular complexity index is 364. The molecule has 2 unspecified atom stereocenters. The first-order valence-electron chi connectivity index (χ1n) is 5.47. The second-order valence-electron chi connectivity index (χ2n) is 4.09. The van der Waals surface area contributed by atoms with Crippen molar-refractivity contribution in [1.29, 1.82) is 0 Å². The molecular weight excluding hydrogens is 226 g/mol. The molecule has 0 spiro atoms. The topological polar surface area (TPSA) is 55.5 Å². The second-order valence-corrected chi connectivity index (χ2v) is 4.50. The van der Waals surface area contributed by atoms with Crippen molar-refractivity contribution in [3.8, 4) is 0 Å². The van der Waals surface area contributed by atoms with Crippen LogP contribution in [-0.2, 0) is 4.74 Å². The van der Waals surface area contributed by atoms with Gasteiger partial charge in [-0.1, -0.05) is 23.7 Å². The molecule has 0 aliphatic carbocycles. The molecule has 0 amide bonds. The highest BCUT2D eigenvalue weighted by atomic mass is 35.5. The maximum atomic E-state index is 9.60.